The molecule has 0 bridgehead atoms. The molecule has 0 saturated heterocycles. The van der Waals surface area contributed by atoms with Crippen molar-refractivity contribution in [2.24, 2.45) is 0 Å². The Hall–Kier alpha value is -0.240. The van der Waals surface area contributed by atoms with Gasteiger partial charge in [0.2, 0.25) is 0 Å². The summed E-state index contributed by atoms with van der Waals surface area (Å²) < 4.78 is 0. The minimum absolute atomic E-state index is 0.529. The van der Waals surface area contributed by atoms with Crippen LogP contribution in [-0.2, 0) is 6.54 Å². The number of nitrogens with zero attached hydrogens (tertiary/aromatic N) is 1. The Morgan fingerprint density at radius 3 is 2.31 bits per heavy atom. The van der Waals surface area contributed by atoms with Crippen LogP contribution in [0.3, 0.4) is 0 Å². The molecule has 0 aromatic heterocycles. The lowest BCUT2D eigenvalue weighted by atomic mass is 10.2. The molecule has 0 heterocycles. The van der Waals surface area contributed by atoms with Gasteiger partial charge in [-0.25, -0.2) is 0 Å². The highest BCUT2D eigenvalue weighted by molar-refractivity contribution is 6.18. The number of alkyl halides is 2. The minimum atomic E-state index is 0.529. The van der Waals surface area contributed by atoms with Crippen LogP contribution in [0.5, 0.6) is 0 Å². The molecule has 3 heteroatoms. The molecule has 1 aromatic carbocycles. The standard InChI is InChI=1S/C10H13Cl2N/c11-6-7-13(9-12)8-10-4-2-1-3-5-10/h1-5H,6-9H2. The third-order valence-electron chi connectivity index (χ3n) is 1.82. The molecule has 1 rings (SSSR count). The molecule has 0 aliphatic heterocycles. The largest absolute Gasteiger partial charge is 0.284 e. The number of hydrogen-bond acceptors (Lipinski definition) is 1. The van der Waals surface area contributed by atoms with E-state index in [2.05, 4.69) is 17.0 Å². The van der Waals surface area contributed by atoms with Gasteiger partial charge in [-0.3, -0.25) is 4.90 Å². The van der Waals surface area contributed by atoms with Crippen molar-refractivity contribution in [1.29, 1.82) is 0 Å². The maximum atomic E-state index is 5.76. The van der Waals surface area contributed by atoms with E-state index in [1.165, 1.54) is 5.56 Å². The number of benzene rings is 1. The molecule has 0 spiro atoms. The highest BCUT2D eigenvalue weighted by Crippen LogP contribution is 2.04. The lowest BCUT2D eigenvalue weighted by Gasteiger charge is -2.17. The fourth-order valence-electron chi connectivity index (χ4n) is 1.14. The zero-order valence-corrected chi connectivity index (χ0v) is 8.93. The second-order valence-electron chi connectivity index (χ2n) is 2.85. The zero-order valence-electron chi connectivity index (χ0n) is 7.42. The topological polar surface area (TPSA) is 3.24 Å². The van der Waals surface area contributed by atoms with Crippen molar-refractivity contribution in [2.45, 2.75) is 6.54 Å². The van der Waals surface area contributed by atoms with Gasteiger partial charge in [-0.15, -0.1) is 23.2 Å². The average molecular weight is 218 g/mol. The molecule has 0 amide bonds. The first-order valence-electron chi connectivity index (χ1n) is 4.25. The zero-order chi connectivity index (χ0) is 9.52. The lowest BCUT2D eigenvalue weighted by Crippen LogP contribution is -2.23. The average Bonchev–Trinajstić information content (AvgIpc) is 2.19. The van der Waals surface area contributed by atoms with Crippen molar-refractivity contribution in [3.8, 4) is 0 Å². The third kappa shape index (κ3) is 3.99. The Bertz CT molecular complexity index is 226. The van der Waals surface area contributed by atoms with Crippen molar-refractivity contribution in [3.63, 3.8) is 0 Å². The van der Waals surface area contributed by atoms with E-state index in [0.717, 1.165) is 13.1 Å². The molecule has 0 unspecified atom stereocenters. The Kier molecular flexibility index (Phi) is 5.21. The van der Waals surface area contributed by atoms with Crippen LogP contribution < -0.4 is 0 Å². The van der Waals surface area contributed by atoms with Gasteiger partial charge >= 0.3 is 0 Å². The van der Waals surface area contributed by atoms with Gasteiger partial charge in [0.15, 0.2) is 0 Å². The predicted octanol–water partition coefficient (Wildman–Crippen LogP) is 2.92. The molecule has 1 aromatic rings. The van der Waals surface area contributed by atoms with Crippen LogP contribution in [-0.4, -0.2) is 23.3 Å². The number of hydrogen-bond donors (Lipinski definition) is 0. The SMILES string of the molecule is ClCCN(CCl)Cc1ccccc1. The number of halogens is 2. The monoisotopic (exact) mass is 217 g/mol. The molecular formula is C10H13Cl2N. The molecule has 0 saturated carbocycles. The van der Waals surface area contributed by atoms with E-state index in [0.29, 0.717) is 11.9 Å². The summed E-state index contributed by atoms with van der Waals surface area (Å²) in [5, 5.41) is 0. The van der Waals surface area contributed by atoms with Gasteiger partial charge in [0.25, 0.3) is 0 Å². The van der Waals surface area contributed by atoms with Crippen molar-refractivity contribution in [1.82, 2.24) is 4.90 Å². The smallest absolute Gasteiger partial charge is 0.0741 e. The Balaban J connectivity index is 2.46. The summed E-state index contributed by atoms with van der Waals surface area (Å²) >= 11 is 11.4. The molecule has 13 heavy (non-hydrogen) atoms. The fraction of sp³-hybridized carbons (Fsp3) is 0.400. The first-order chi connectivity index (χ1) is 6.36. The predicted molar refractivity (Wildman–Crippen MR) is 58.3 cm³/mol. The van der Waals surface area contributed by atoms with Gasteiger partial charge in [0.1, 0.15) is 0 Å². The number of rotatable bonds is 5. The first kappa shape index (κ1) is 10.8. The van der Waals surface area contributed by atoms with Crippen LogP contribution in [0.4, 0.5) is 0 Å². The highest BCUT2D eigenvalue weighted by atomic mass is 35.5. The van der Waals surface area contributed by atoms with Crippen LogP contribution >= 0.6 is 23.2 Å². The Labute approximate surface area is 89.3 Å². The van der Waals surface area contributed by atoms with Gasteiger partial charge in [-0.05, 0) is 5.56 Å². The Morgan fingerprint density at radius 1 is 1.08 bits per heavy atom. The van der Waals surface area contributed by atoms with Gasteiger partial charge < -0.3 is 0 Å². The van der Waals surface area contributed by atoms with E-state index >= 15 is 0 Å². The van der Waals surface area contributed by atoms with Crippen molar-refractivity contribution >= 4 is 23.2 Å². The van der Waals surface area contributed by atoms with Crippen LogP contribution in [0, 0.1) is 0 Å². The molecule has 0 aliphatic carbocycles. The van der Waals surface area contributed by atoms with Crippen molar-refractivity contribution in [3.05, 3.63) is 35.9 Å². The van der Waals surface area contributed by atoms with E-state index in [4.69, 9.17) is 23.2 Å². The molecular weight excluding hydrogens is 205 g/mol. The molecule has 0 radical (unpaired) electrons. The maximum Gasteiger partial charge on any atom is 0.0741 e. The Morgan fingerprint density at radius 2 is 1.77 bits per heavy atom. The van der Waals surface area contributed by atoms with E-state index in [1.54, 1.807) is 0 Å². The summed E-state index contributed by atoms with van der Waals surface area (Å²) in [4.78, 5) is 2.10. The van der Waals surface area contributed by atoms with Crippen LogP contribution in [0.2, 0.25) is 0 Å². The van der Waals surface area contributed by atoms with Gasteiger partial charge in [-0.2, -0.15) is 0 Å². The molecule has 0 N–H and O–H groups in total. The summed E-state index contributed by atoms with van der Waals surface area (Å²) in [6.07, 6.45) is 0. The maximum absolute atomic E-state index is 5.76. The lowest BCUT2D eigenvalue weighted by molar-refractivity contribution is 0.330. The fourth-order valence-corrected chi connectivity index (χ4v) is 1.59. The molecule has 1 nitrogen and oxygen atoms in total. The highest BCUT2D eigenvalue weighted by Gasteiger charge is 2.02. The van der Waals surface area contributed by atoms with Gasteiger partial charge in [0, 0.05) is 19.0 Å². The van der Waals surface area contributed by atoms with Crippen LogP contribution in [0.25, 0.3) is 0 Å². The third-order valence-corrected chi connectivity index (χ3v) is 2.33. The molecule has 0 atom stereocenters. The first-order valence-corrected chi connectivity index (χ1v) is 5.32. The van der Waals surface area contributed by atoms with E-state index in [-0.39, 0.29) is 0 Å². The second kappa shape index (κ2) is 6.25. The summed E-state index contributed by atoms with van der Waals surface area (Å²) in [6.45, 7) is 1.71. The summed E-state index contributed by atoms with van der Waals surface area (Å²) in [5.41, 5.74) is 1.27. The summed E-state index contributed by atoms with van der Waals surface area (Å²) in [5.74, 6) is 0.625. The van der Waals surface area contributed by atoms with Gasteiger partial charge in [-0.1, -0.05) is 30.3 Å². The van der Waals surface area contributed by atoms with Crippen molar-refractivity contribution in [2.75, 3.05) is 18.4 Å². The van der Waals surface area contributed by atoms with Crippen LogP contribution in [0.1, 0.15) is 5.56 Å². The van der Waals surface area contributed by atoms with Crippen molar-refractivity contribution < 1.29 is 0 Å². The van der Waals surface area contributed by atoms with E-state index in [9.17, 15) is 0 Å². The van der Waals surface area contributed by atoms with Crippen LogP contribution in [0.15, 0.2) is 30.3 Å². The van der Waals surface area contributed by atoms with E-state index < -0.39 is 0 Å². The molecule has 0 fully saturated rings. The molecule has 72 valence electrons. The molecule has 0 aliphatic rings. The van der Waals surface area contributed by atoms with E-state index in [1.807, 2.05) is 18.2 Å². The summed E-state index contributed by atoms with van der Waals surface area (Å²) in [7, 11) is 0. The normalized spacial score (nSPS) is 10.7. The van der Waals surface area contributed by atoms with Gasteiger partial charge in [0.05, 0.1) is 6.00 Å². The summed E-state index contributed by atoms with van der Waals surface area (Å²) in [6, 6.07) is 10.8. The minimum Gasteiger partial charge on any atom is -0.284 e. The quantitative estimate of drug-likeness (QED) is 0.542. The second-order valence-corrected chi connectivity index (χ2v) is 3.46.